The summed E-state index contributed by atoms with van der Waals surface area (Å²) in [6, 6.07) is 5.26. The lowest BCUT2D eigenvalue weighted by molar-refractivity contribution is -0.140. The predicted octanol–water partition coefficient (Wildman–Crippen LogP) is 2.74. The molecular formula is C10H12ClNO2S. The maximum absolute atomic E-state index is 10.6. The van der Waals surface area contributed by atoms with Crippen LogP contribution in [0.4, 0.5) is 5.69 Å². The molecule has 0 aromatic heterocycles. The lowest BCUT2D eigenvalue weighted by Crippen LogP contribution is -2.11. The summed E-state index contributed by atoms with van der Waals surface area (Å²) in [5.41, 5.74) is 6.32. The van der Waals surface area contributed by atoms with E-state index in [1.54, 1.807) is 25.1 Å². The maximum atomic E-state index is 10.6. The lowest BCUT2D eigenvalue weighted by Gasteiger charge is -2.09. The number of nitrogens with two attached hydrogens (primary N) is 1. The van der Waals surface area contributed by atoms with E-state index in [9.17, 15) is 4.79 Å². The fourth-order valence-corrected chi connectivity index (χ4v) is 2.30. The highest BCUT2D eigenvalue weighted by molar-refractivity contribution is 7.99. The number of thioether (sulfide) groups is 1. The van der Waals surface area contributed by atoms with E-state index in [4.69, 9.17) is 22.4 Å². The van der Waals surface area contributed by atoms with Gasteiger partial charge in [0.25, 0.3) is 0 Å². The molecule has 3 nitrogen and oxygen atoms in total. The number of carbonyl (C=O) groups is 1. The summed E-state index contributed by atoms with van der Waals surface area (Å²) < 4.78 is 0. The average molecular weight is 246 g/mol. The van der Waals surface area contributed by atoms with Crippen molar-refractivity contribution >= 4 is 35.0 Å². The smallest absolute Gasteiger partial charge is 0.307 e. The Bertz CT molecular complexity index is 350. The molecule has 0 radical (unpaired) electrons. The van der Waals surface area contributed by atoms with Crippen molar-refractivity contribution in [3.8, 4) is 0 Å². The molecule has 0 heterocycles. The summed E-state index contributed by atoms with van der Waals surface area (Å²) in [6.07, 6.45) is 0. The van der Waals surface area contributed by atoms with Crippen molar-refractivity contribution in [2.45, 2.75) is 11.8 Å². The van der Waals surface area contributed by atoms with Gasteiger partial charge in [0.05, 0.1) is 10.9 Å². The van der Waals surface area contributed by atoms with Gasteiger partial charge in [-0.1, -0.05) is 24.6 Å². The van der Waals surface area contributed by atoms with E-state index in [1.165, 1.54) is 11.8 Å². The molecule has 0 bridgehead atoms. The van der Waals surface area contributed by atoms with Gasteiger partial charge in [-0.3, -0.25) is 4.79 Å². The number of halogens is 1. The quantitative estimate of drug-likeness (QED) is 0.633. The monoisotopic (exact) mass is 245 g/mol. The number of benzene rings is 1. The van der Waals surface area contributed by atoms with Gasteiger partial charge in [0.15, 0.2) is 0 Å². The van der Waals surface area contributed by atoms with Gasteiger partial charge >= 0.3 is 5.97 Å². The van der Waals surface area contributed by atoms with Crippen molar-refractivity contribution in [2.75, 3.05) is 11.5 Å². The van der Waals surface area contributed by atoms with E-state index >= 15 is 0 Å². The summed E-state index contributed by atoms with van der Waals surface area (Å²) in [5, 5.41) is 9.29. The first-order chi connectivity index (χ1) is 7.02. The number of anilines is 1. The summed E-state index contributed by atoms with van der Waals surface area (Å²) >= 11 is 7.32. The summed E-state index contributed by atoms with van der Waals surface area (Å²) in [7, 11) is 0. The van der Waals surface area contributed by atoms with Crippen molar-refractivity contribution in [1.29, 1.82) is 0 Å². The van der Waals surface area contributed by atoms with Gasteiger partial charge in [-0.2, -0.15) is 0 Å². The molecule has 0 aliphatic carbocycles. The highest BCUT2D eigenvalue weighted by atomic mass is 35.5. The molecule has 0 spiro atoms. The van der Waals surface area contributed by atoms with Crippen LogP contribution in [0.5, 0.6) is 0 Å². The Balaban J connectivity index is 2.69. The summed E-state index contributed by atoms with van der Waals surface area (Å²) in [6.45, 7) is 1.66. The molecule has 3 N–H and O–H groups in total. The zero-order chi connectivity index (χ0) is 11.4. The maximum Gasteiger partial charge on any atom is 0.307 e. The Labute approximate surface area is 97.6 Å². The Hall–Kier alpha value is -0.870. The Morgan fingerprint density at radius 3 is 2.87 bits per heavy atom. The average Bonchev–Trinajstić information content (AvgIpc) is 2.16. The Morgan fingerprint density at radius 2 is 2.33 bits per heavy atom. The molecule has 1 rings (SSSR count). The van der Waals surface area contributed by atoms with E-state index < -0.39 is 11.9 Å². The number of nitrogen functional groups attached to an aromatic ring is 1. The number of carboxylic acids is 1. The van der Waals surface area contributed by atoms with Gasteiger partial charge in [0.2, 0.25) is 0 Å². The topological polar surface area (TPSA) is 63.3 Å². The molecule has 0 saturated carbocycles. The Kier molecular flexibility index (Phi) is 4.29. The van der Waals surface area contributed by atoms with Crippen molar-refractivity contribution in [3.05, 3.63) is 23.2 Å². The van der Waals surface area contributed by atoms with Crippen LogP contribution in [0.1, 0.15) is 6.92 Å². The normalized spacial score (nSPS) is 12.4. The second-order valence-corrected chi connectivity index (χ2v) is 4.65. The van der Waals surface area contributed by atoms with Crippen LogP contribution in [0.2, 0.25) is 5.02 Å². The van der Waals surface area contributed by atoms with E-state index in [-0.39, 0.29) is 0 Å². The number of rotatable bonds is 4. The van der Waals surface area contributed by atoms with Crippen LogP contribution in [0, 0.1) is 5.92 Å². The fourth-order valence-electron chi connectivity index (χ4n) is 0.957. The molecule has 5 heteroatoms. The summed E-state index contributed by atoms with van der Waals surface area (Å²) in [4.78, 5) is 11.4. The molecule has 0 amide bonds. The molecule has 0 fully saturated rings. The highest BCUT2D eigenvalue weighted by Crippen LogP contribution is 2.33. The Morgan fingerprint density at radius 1 is 1.67 bits per heavy atom. The van der Waals surface area contributed by atoms with Crippen LogP contribution < -0.4 is 5.73 Å². The fraction of sp³-hybridized carbons (Fsp3) is 0.300. The van der Waals surface area contributed by atoms with Gasteiger partial charge in [-0.15, -0.1) is 11.8 Å². The van der Waals surface area contributed by atoms with Gasteiger partial charge < -0.3 is 10.8 Å². The van der Waals surface area contributed by atoms with E-state index in [2.05, 4.69) is 0 Å². The van der Waals surface area contributed by atoms with Crippen LogP contribution in [0.25, 0.3) is 0 Å². The molecule has 82 valence electrons. The standard InChI is InChI=1S/C10H12ClNO2S/c1-6(10(13)14)5-15-9-7(11)3-2-4-8(9)12/h2-4,6H,5,12H2,1H3,(H,13,14). The van der Waals surface area contributed by atoms with Crippen LogP contribution in [0.3, 0.4) is 0 Å². The van der Waals surface area contributed by atoms with Gasteiger partial charge in [-0.25, -0.2) is 0 Å². The molecule has 0 aliphatic heterocycles. The molecule has 1 aromatic carbocycles. The molecule has 1 atom stereocenters. The third-order valence-corrected chi connectivity index (χ3v) is 3.73. The zero-order valence-corrected chi connectivity index (χ0v) is 9.81. The third-order valence-electron chi connectivity index (χ3n) is 1.90. The second-order valence-electron chi connectivity index (χ2n) is 3.21. The van der Waals surface area contributed by atoms with E-state index in [0.717, 1.165) is 4.90 Å². The number of hydrogen-bond acceptors (Lipinski definition) is 3. The number of carboxylic acid groups (broad SMARTS) is 1. The van der Waals surface area contributed by atoms with Crippen molar-refractivity contribution < 1.29 is 9.90 Å². The SMILES string of the molecule is CC(CSc1c(N)cccc1Cl)C(=O)O. The van der Waals surface area contributed by atoms with Crippen molar-refractivity contribution in [3.63, 3.8) is 0 Å². The largest absolute Gasteiger partial charge is 0.481 e. The van der Waals surface area contributed by atoms with Gasteiger partial charge in [-0.05, 0) is 12.1 Å². The minimum atomic E-state index is -0.812. The minimum absolute atomic E-state index is 0.411. The molecule has 0 aliphatic rings. The second kappa shape index (κ2) is 5.28. The highest BCUT2D eigenvalue weighted by Gasteiger charge is 2.13. The number of hydrogen-bond donors (Lipinski definition) is 2. The minimum Gasteiger partial charge on any atom is -0.481 e. The molecular weight excluding hydrogens is 234 g/mol. The molecule has 0 saturated heterocycles. The van der Waals surface area contributed by atoms with Crippen LogP contribution in [0.15, 0.2) is 23.1 Å². The van der Waals surface area contributed by atoms with Crippen molar-refractivity contribution in [1.82, 2.24) is 0 Å². The van der Waals surface area contributed by atoms with Crippen LogP contribution in [-0.2, 0) is 4.79 Å². The molecule has 15 heavy (non-hydrogen) atoms. The van der Waals surface area contributed by atoms with E-state index in [0.29, 0.717) is 16.5 Å². The van der Waals surface area contributed by atoms with Crippen LogP contribution in [-0.4, -0.2) is 16.8 Å². The van der Waals surface area contributed by atoms with Gasteiger partial charge in [0.1, 0.15) is 0 Å². The lowest BCUT2D eigenvalue weighted by atomic mass is 10.2. The molecule has 1 aromatic rings. The predicted molar refractivity (Wildman–Crippen MR) is 63.4 cm³/mol. The van der Waals surface area contributed by atoms with E-state index in [1.807, 2.05) is 0 Å². The zero-order valence-electron chi connectivity index (χ0n) is 8.24. The number of aliphatic carboxylic acids is 1. The first-order valence-corrected chi connectivity index (χ1v) is 5.78. The third kappa shape index (κ3) is 3.32. The first kappa shape index (κ1) is 12.2. The van der Waals surface area contributed by atoms with Gasteiger partial charge in [0, 0.05) is 16.3 Å². The summed E-state index contributed by atoms with van der Waals surface area (Å²) in [5.74, 6) is -0.762. The molecule has 1 unspecified atom stereocenters. The first-order valence-electron chi connectivity index (χ1n) is 4.42. The van der Waals surface area contributed by atoms with Crippen LogP contribution >= 0.6 is 23.4 Å². The van der Waals surface area contributed by atoms with Crippen molar-refractivity contribution in [2.24, 2.45) is 5.92 Å².